The molecule has 152 valence electrons. The monoisotopic (exact) mass is 506 g/mol. The smallest absolute Gasteiger partial charge is 0.257 e. The van der Waals surface area contributed by atoms with Gasteiger partial charge in [-0.3, -0.25) is 14.4 Å². The van der Waals surface area contributed by atoms with Crippen molar-refractivity contribution in [1.82, 2.24) is 4.90 Å². The third kappa shape index (κ3) is 4.24. The minimum absolute atomic E-state index is 0.00396. The molecule has 2 aliphatic rings. The summed E-state index contributed by atoms with van der Waals surface area (Å²) in [6.45, 7) is 0.201. The van der Waals surface area contributed by atoms with Crippen molar-refractivity contribution in [3.63, 3.8) is 0 Å². The van der Waals surface area contributed by atoms with Gasteiger partial charge in [-0.15, -0.1) is 0 Å². The Morgan fingerprint density at radius 1 is 1.10 bits per heavy atom. The topological polar surface area (TPSA) is 70.8 Å². The average Bonchev–Trinajstić information content (AvgIpc) is 3.35. The Labute approximate surface area is 183 Å². The fraction of sp³-hybridized carbons (Fsp3) is 0.409. The van der Waals surface area contributed by atoms with E-state index in [1.807, 2.05) is 12.1 Å². The highest BCUT2D eigenvalue weighted by atomic mass is 127. The molecule has 1 aromatic heterocycles. The molecule has 0 spiro atoms. The first-order valence-electron chi connectivity index (χ1n) is 10.00. The van der Waals surface area contributed by atoms with E-state index in [1.165, 1.54) is 4.90 Å². The second kappa shape index (κ2) is 8.69. The number of hydrogen-bond donors (Lipinski definition) is 0. The summed E-state index contributed by atoms with van der Waals surface area (Å²) in [6, 6.07) is 10.0. The summed E-state index contributed by atoms with van der Waals surface area (Å²) in [4.78, 5) is 42.1. The molecule has 1 saturated heterocycles. The van der Waals surface area contributed by atoms with Crippen LogP contribution < -0.4 is 4.90 Å². The van der Waals surface area contributed by atoms with Crippen LogP contribution in [0.3, 0.4) is 0 Å². The van der Waals surface area contributed by atoms with Crippen molar-refractivity contribution in [2.45, 2.75) is 51.1 Å². The lowest BCUT2D eigenvalue weighted by Gasteiger charge is -2.32. The second-order valence-corrected chi connectivity index (χ2v) is 8.89. The van der Waals surface area contributed by atoms with E-state index >= 15 is 0 Å². The van der Waals surface area contributed by atoms with E-state index in [9.17, 15) is 14.4 Å². The Morgan fingerprint density at radius 2 is 1.83 bits per heavy atom. The van der Waals surface area contributed by atoms with Gasteiger partial charge in [0.05, 0.1) is 24.9 Å². The number of amides is 3. The van der Waals surface area contributed by atoms with E-state index in [4.69, 9.17) is 4.42 Å². The molecule has 29 heavy (non-hydrogen) atoms. The Balaban J connectivity index is 1.61. The fourth-order valence-corrected chi connectivity index (χ4v) is 4.58. The number of hydrogen-bond acceptors (Lipinski definition) is 4. The molecule has 0 N–H and O–H groups in total. The van der Waals surface area contributed by atoms with E-state index in [0.29, 0.717) is 11.4 Å². The number of benzene rings is 1. The van der Waals surface area contributed by atoms with Crippen molar-refractivity contribution >= 4 is 46.0 Å². The Hall–Kier alpha value is -2.16. The van der Waals surface area contributed by atoms with Gasteiger partial charge in [-0.2, -0.15) is 0 Å². The number of rotatable bonds is 5. The Kier molecular flexibility index (Phi) is 6.03. The van der Waals surface area contributed by atoms with E-state index in [1.54, 1.807) is 35.4 Å². The molecular weight excluding hydrogens is 483 g/mol. The van der Waals surface area contributed by atoms with Gasteiger partial charge in [0.1, 0.15) is 11.8 Å². The molecule has 2 aromatic rings. The van der Waals surface area contributed by atoms with Crippen LogP contribution in [0.5, 0.6) is 0 Å². The van der Waals surface area contributed by atoms with Crippen LogP contribution in [0.25, 0.3) is 0 Å². The molecule has 1 unspecified atom stereocenters. The molecule has 1 aliphatic carbocycles. The zero-order valence-electron chi connectivity index (χ0n) is 16.1. The highest BCUT2D eigenvalue weighted by molar-refractivity contribution is 14.1. The number of furan rings is 1. The molecule has 1 saturated carbocycles. The Bertz CT molecular complexity index is 888. The van der Waals surface area contributed by atoms with Crippen LogP contribution >= 0.6 is 22.6 Å². The summed E-state index contributed by atoms with van der Waals surface area (Å²) >= 11 is 2.18. The zero-order chi connectivity index (χ0) is 20.4. The molecule has 2 fully saturated rings. The first-order chi connectivity index (χ1) is 14.0. The summed E-state index contributed by atoms with van der Waals surface area (Å²) in [7, 11) is 0. The lowest BCUT2D eigenvalue weighted by Crippen LogP contribution is -2.47. The number of imide groups is 1. The number of anilines is 1. The highest BCUT2D eigenvalue weighted by Gasteiger charge is 2.45. The number of carbonyl (C=O) groups excluding carboxylic acids is 3. The van der Waals surface area contributed by atoms with Crippen molar-refractivity contribution in [2.24, 2.45) is 5.92 Å². The third-order valence-electron chi connectivity index (χ3n) is 5.73. The molecule has 1 atom stereocenters. The van der Waals surface area contributed by atoms with Crippen molar-refractivity contribution < 1.29 is 18.8 Å². The molecule has 1 aliphatic heterocycles. The minimum atomic E-state index is -0.790. The summed E-state index contributed by atoms with van der Waals surface area (Å²) in [5, 5.41) is 0. The van der Waals surface area contributed by atoms with Crippen LogP contribution in [0, 0.1) is 9.49 Å². The van der Waals surface area contributed by atoms with E-state index < -0.39 is 6.04 Å². The molecule has 6 nitrogen and oxygen atoms in total. The van der Waals surface area contributed by atoms with Crippen molar-refractivity contribution in [3.8, 4) is 0 Å². The molecule has 7 heteroatoms. The number of halogens is 1. The second-order valence-electron chi connectivity index (χ2n) is 7.64. The lowest BCUT2D eigenvalue weighted by molar-refractivity contribution is -0.143. The summed E-state index contributed by atoms with van der Waals surface area (Å²) in [5.74, 6) is -0.137. The predicted octanol–water partition coefficient (Wildman–Crippen LogP) is 4.13. The first-order valence-corrected chi connectivity index (χ1v) is 11.1. The van der Waals surface area contributed by atoms with Gasteiger partial charge in [0.25, 0.3) is 5.91 Å². The quantitative estimate of drug-likeness (QED) is 0.452. The number of carbonyl (C=O) groups is 3. The molecule has 4 rings (SSSR count). The van der Waals surface area contributed by atoms with Gasteiger partial charge in [-0.25, -0.2) is 4.90 Å². The van der Waals surface area contributed by atoms with Crippen LogP contribution in [0.4, 0.5) is 5.69 Å². The molecule has 1 aromatic carbocycles. The van der Waals surface area contributed by atoms with Crippen molar-refractivity contribution in [2.75, 3.05) is 4.90 Å². The predicted molar refractivity (Wildman–Crippen MR) is 116 cm³/mol. The number of nitrogens with zero attached hydrogens (tertiary/aromatic N) is 2. The van der Waals surface area contributed by atoms with Gasteiger partial charge in [0, 0.05) is 9.49 Å². The van der Waals surface area contributed by atoms with Crippen LogP contribution in [0.2, 0.25) is 0 Å². The van der Waals surface area contributed by atoms with Gasteiger partial charge in [0.2, 0.25) is 11.8 Å². The van der Waals surface area contributed by atoms with Crippen molar-refractivity contribution in [1.29, 1.82) is 0 Å². The molecule has 0 bridgehead atoms. The van der Waals surface area contributed by atoms with Gasteiger partial charge in [0.15, 0.2) is 0 Å². The fourth-order valence-electron chi connectivity index (χ4n) is 4.22. The van der Waals surface area contributed by atoms with E-state index in [2.05, 4.69) is 22.6 Å². The maximum atomic E-state index is 13.4. The molecule has 2 heterocycles. The summed E-state index contributed by atoms with van der Waals surface area (Å²) in [5.41, 5.74) is 0.547. The van der Waals surface area contributed by atoms with Crippen molar-refractivity contribution in [3.05, 3.63) is 52.0 Å². The lowest BCUT2D eigenvalue weighted by atomic mass is 9.88. The maximum Gasteiger partial charge on any atom is 0.257 e. The van der Waals surface area contributed by atoms with Crippen LogP contribution in [0.1, 0.15) is 44.3 Å². The van der Waals surface area contributed by atoms with E-state index in [0.717, 1.165) is 35.7 Å². The van der Waals surface area contributed by atoms with E-state index in [-0.39, 0.29) is 36.6 Å². The van der Waals surface area contributed by atoms with Crippen LogP contribution in [-0.2, 0) is 20.9 Å². The average molecular weight is 506 g/mol. The molecule has 0 radical (unpaired) electrons. The van der Waals surface area contributed by atoms with Crippen LogP contribution in [0.15, 0.2) is 47.1 Å². The zero-order valence-corrected chi connectivity index (χ0v) is 18.2. The largest absolute Gasteiger partial charge is 0.467 e. The highest BCUT2D eigenvalue weighted by Crippen LogP contribution is 2.31. The third-order valence-corrected chi connectivity index (χ3v) is 6.45. The normalized spacial score (nSPS) is 20.3. The molecule has 3 amide bonds. The summed E-state index contributed by atoms with van der Waals surface area (Å²) < 4.78 is 6.47. The minimum Gasteiger partial charge on any atom is -0.467 e. The van der Waals surface area contributed by atoms with Gasteiger partial charge >= 0.3 is 0 Å². The maximum absolute atomic E-state index is 13.4. The Morgan fingerprint density at radius 3 is 2.48 bits per heavy atom. The van der Waals surface area contributed by atoms with Gasteiger partial charge < -0.3 is 9.32 Å². The SMILES string of the molecule is O=C1CC(N(Cc2ccco2)C(=O)C2CCCCC2)C(=O)N1c1ccc(I)cc1. The molecular formula is C22H23IN2O4. The first kappa shape index (κ1) is 20.1. The van der Waals surface area contributed by atoms with Crippen LogP contribution in [-0.4, -0.2) is 28.7 Å². The van der Waals surface area contributed by atoms with Gasteiger partial charge in [-0.1, -0.05) is 19.3 Å². The standard InChI is InChI=1S/C22H23IN2O4/c23-16-8-10-17(11-9-16)25-20(26)13-19(22(25)28)24(14-18-7-4-12-29-18)21(27)15-5-2-1-3-6-15/h4,7-12,15,19H,1-3,5-6,13-14H2. The summed E-state index contributed by atoms with van der Waals surface area (Å²) in [6.07, 6.45) is 6.42. The van der Waals surface area contributed by atoms with Gasteiger partial charge in [-0.05, 0) is 71.8 Å².